The monoisotopic (exact) mass is 643 g/mol. The molecule has 44 heavy (non-hydrogen) atoms. The summed E-state index contributed by atoms with van der Waals surface area (Å²) >= 11 is 12.3. The van der Waals surface area contributed by atoms with E-state index in [9.17, 15) is 14.9 Å². The number of carbonyl (C=O) groups excluding carboxylic acids is 2. The Morgan fingerprint density at radius 1 is 1.11 bits per heavy atom. The van der Waals surface area contributed by atoms with Crippen molar-refractivity contribution in [3.63, 3.8) is 0 Å². The number of nitrogens with one attached hydrogen (secondary N) is 2. The number of carbonyl (C=O) groups is 2. The van der Waals surface area contributed by atoms with Gasteiger partial charge < -0.3 is 20.1 Å². The number of nitriles is 1. The van der Waals surface area contributed by atoms with Crippen LogP contribution in [-0.4, -0.2) is 37.7 Å². The summed E-state index contributed by atoms with van der Waals surface area (Å²) in [4.78, 5) is 26.4. The second kappa shape index (κ2) is 13.1. The standard InChI is InChI=1S/C33H33Cl2F2N3O4/c1-6-44-25-15-19(11-12-20(25)31(42)43-5)39-30(41)29-27(21-8-7-9-23(35)28(21)37)33(17-38,26(40-29)16-32(2,3)4)22-13-10-18(34)14-24(22)36/h7-15,26-27,29,40H,6,16H2,1-5H3,(H,39,41)/t26-,27-,29+,33-/m0/s1. The summed E-state index contributed by atoms with van der Waals surface area (Å²) in [6, 6.07) is 13.0. The highest BCUT2D eigenvalue weighted by molar-refractivity contribution is 6.31. The zero-order chi connectivity index (χ0) is 32.4. The van der Waals surface area contributed by atoms with Crippen molar-refractivity contribution in [2.45, 2.75) is 57.5 Å². The largest absolute Gasteiger partial charge is 0.493 e. The van der Waals surface area contributed by atoms with E-state index in [0.29, 0.717) is 6.42 Å². The highest BCUT2D eigenvalue weighted by Gasteiger charge is 2.61. The molecule has 3 aromatic carbocycles. The smallest absolute Gasteiger partial charge is 0.341 e. The average Bonchev–Trinajstić information content (AvgIpc) is 3.27. The lowest BCUT2D eigenvalue weighted by Crippen LogP contribution is -2.45. The van der Waals surface area contributed by atoms with Crippen LogP contribution in [0.3, 0.4) is 0 Å². The van der Waals surface area contributed by atoms with Crippen LogP contribution in [0.2, 0.25) is 10.0 Å². The van der Waals surface area contributed by atoms with Crippen LogP contribution < -0.4 is 15.4 Å². The molecule has 0 aromatic heterocycles. The maximum atomic E-state index is 15.9. The van der Waals surface area contributed by atoms with Crippen molar-refractivity contribution in [3.05, 3.63) is 93.0 Å². The number of amides is 1. The summed E-state index contributed by atoms with van der Waals surface area (Å²) in [5, 5.41) is 17.0. The Morgan fingerprint density at radius 2 is 1.84 bits per heavy atom. The van der Waals surface area contributed by atoms with E-state index in [1.807, 2.05) is 20.8 Å². The molecule has 11 heteroatoms. The Bertz CT molecular complexity index is 1620. The molecular weight excluding hydrogens is 611 g/mol. The molecule has 2 N–H and O–H groups in total. The van der Waals surface area contributed by atoms with E-state index >= 15 is 8.78 Å². The second-order valence-corrected chi connectivity index (χ2v) is 12.7. The minimum Gasteiger partial charge on any atom is -0.493 e. The lowest BCUT2D eigenvalue weighted by molar-refractivity contribution is -0.118. The van der Waals surface area contributed by atoms with E-state index in [1.165, 1.54) is 55.6 Å². The van der Waals surface area contributed by atoms with Crippen LogP contribution in [0.4, 0.5) is 14.5 Å². The van der Waals surface area contributed by atoms with Crippen molar-refractivity contribution in [2.75, 3.05) is 19.0 Å². The maximum Gasteiger partial charge on any atom is 0.341 e. The van der Waals surface area contributed by atoms with E-state index in [1.54, 1.807) is 6.92 Å². The predicted molar refractivity (Wildman–Crippen MR) is 165 cm³/mol. The van der Waals surface area contributed by atoms with Crippen LogP contribution in [0.15, 0.2) is 54.6 Å². The summed E-state index contributed by atoms with van der Waals surface area (Å²) in [7, 11) is 1.24. The molecule has 1 fully saturated rings. The SMILES string of the molecule is CCOc1cc(NC(=O)[C@@H]2N[C@@H](CC(C)(C)C)[C@](C#N)(c3ccc(Cl)cc3F)[C@H]2c2cccc(Cl)c2F)ccc1C(=O)OC. The Hall–Kier alpha value is -3.71. The molecule has 0 bridgehead atoms. The van der Waals surface area contributed by atoms with Crippen LogP contribution in [0, 0.1) is 28.4 Å². The fourth-order valence-electron chi connectivity index (χ4n) is 5.93. The number of esters is 1. The van der Waals surface area contributed by atoms with Gasteiger partial charge in [0.15, 0.2) is 0 Å². The van der Waals surface area contributed by atoms with E-state index in [0.717, 1.165) is 6.07 Å². The number of hydrogen-bond acceptors (Lipinski definition) is 6. The Kier molecular flexibility index (Phi) is 9.89. The van der Waals surface area contributed by atoms with E-state index in [-0.39, 0.29) is 50.2 Å². The van der Waals surface area contributed by atoms with E-state index < -0.39 is 46.9 Å². The molecule has 1 heterocycles. The van der Waals surface area contributed by atoms with Crippen molar-refractivity contribution in [1.29, 1.82) is 5.26 Å². The first-order chi connectivity index (χ1) is 20.8. The first-order valence-corrected chi connectivity index (χ1v) is 14.8. The minimum atomic E-state index is -1.76. The van der Waals surface area contributed by atoms with Gasteiger partial charge in [-0.2, -0.15) is 5.26 Å². The van der Waals surface area contributed by atoms with Gasteiger partial charge in [0.2, 0.25) is 5.91 Å². The van der Waals surface area contributed by atoms with Gasteiger partial charge in [-0.05, 0) is 54.7 Å². The Labute approximate surface area is 265 Å². The molecule has 7 nitrogen and oxygen atoms in total. The number of ether oxygens (including phenoxy) is 2. The third-order valence-electron chi connectivity index (χ3n) is 7.69. The zero-order valence-corrected chi connectivity index (χ0v) is 26.4. The van der Waals surface area contributed by atoms with Gasteiger partial charge in [-0.3, -0.25) is 4.79 Å². The van der Waals surface area contributed by atoms with Crippen molar-refractivity contribution in [1.82, 2.24) is 5.32 Å². The fraction of sp³-hybridized carbons (Fsp3) is 0.364. The number of rotatable bonds is 8. The summed E-state index contributed by atoms with van der Waals surface area (Å²) < 4.78 is 42.1. The van der Waals surface area contributed by atoms with E-state index in [4.69, 9.17) is 32.7 Å². The van der Waals surface area contributed by atoms with Gasteiger partial charge in [-0.1, -0.05) is 62.2 Å². The second-order valence-electron chi connectivity index (χ2n) is 11.8. The number of benzene rings is 3. The first kappa shape index (κ1) is 33.2. The van der Waals surface area contributed by atoms with Gasteiger partial charge in [-0.15, -0.1) is 0 Å². The lowest BCUT2D eigenvalue weighted by Gasteiger charge is -2.37. The highest BCUT2D eigenvalue weighted by Crippen LogP contribution is 2.53. The normalized spacial score (nSPS) is 21.4. The molecule has 1 aliphatic rings. The molecule has 1 amide bonds. The lowest BCUT2D eigenvalue weighted by atomic mass is 9.62. The highest BCUT2D eigenvalue weighted by atomic mass is 35.5. The predicted octanol–water partition coefficient (Wildman–Crippen LogP) is 7.42. The number of halogens is 4. The molecule has 1 saturated heterocycles. The van der Waals surface area contributed by atoms with Gasteiger partial charge in [-0.25, -0.2) is 13.6 Å². The molecule has 0 unspecified atom stereocenters. The Balaban J connectivity index is 1.91. The van der Waals surface area contributed by atoms with Crippen molar-refractivity contribution in [3.8, 4) is 11.8 Å². The molecule has 0 radical (unpaired) electrons. The average molecular weight is 645 g/mol. The third kappa shape index (κ3) is 6.39. The summed E-state index contributed by atoms with van der Waals surface area (Å²) in [5.41, 5.74) is -1.75. The molecule has 0 aliphatic carbocycles. The number of anilines is 1. The molecule has 3 aromatic rings. The fourth-order valence-corrected chi connectivity index (χ4v) is 6.27. The van der Waals surface area contributed by atoms with Gasteiger partial charge >= 0.3 is 5.97 Å². The molecule has 0 saturated carbocycles. The van der Waals surface area contributed by atoms with Gasteiger partial charge in [0.25, 0.3) is 0 Å². The van der Waals surface area contributed by atoms with Crippen LogP contribution in [-0.2, 0) is 14.9 Å². The molecule has 4 atom stereocenters. The number of methoxy groups -OCH3 is 1. The molecular formula is C33H33Cl2F2N3O4. The molecule has 1 aliphatic heterocycles. The maximum absolute atomic E-state index is 15.9. The summed E-state index contributed by atoms with van der Waals surface area (Å²) in [6.07, 6.45) is 0.327. The molecule has 232 valence electrons. The number of hydrogen-bond donors (Lipinski definition) is 2. The zero-order valence-electron chi connectivity index (χ0n) is 24.9. The Morgan fingerprint density at radius 3 is 2.45 bits per heavy atom. The summed E-state index contributed by atoms with van der Waals surface area (Å²) in [5.74, 6) is -3.84. The quantitative estimate of drug-likeness (QED) is 0.248. The van der Waals surface area contributed by atoms with Crippen LogP contribution in [0.5, 0.6) is 5.75 Å². The third-order valence-corrected chi connectivity index (χ3v) is 8.21. The number of nitrogens with zero attached hydrogens (tertiary/aromatic N) is 1. The summed E-state index contributed by atoms with van der Waals surface area (Å²) in [6.45, 7) is 7.85. The van der Waals surface area contributed by atoms with Crippen molar-refractivity contribution < 1.29 is 27.8 Å². The van der Waals surface area contributed by atoms with Crippen LogP contribution >= 0.6 is 23.2 Å². The molecule has 0 spiro atoms. The van der Waals surface area contributed by atoms with Crippen molar-refractivity contribution >= 4 is 40.8 Å². The topological polar surface area (TPSA) is 100 Å². The van der Waals surface area contributed by atoms with Gasteiger partial charge in [0, 0.05) is 34.3 Å². The van der Waals surface area contributed by atoms with Crippen LogP contribution in [0.1, 0.15) is 61.5 Å². The van der Waals surface area contributed by atoms with Gasteiger partial charge in [0.05, 0.1) is 30.9 Å². The van der Waals surface area contributed by atoms with E-state index in [2.05, 4.69) is 16.7 Å². The van der Waals surface area contributed by atoms with Crippen molar-refractivity contribution in [2.24, 2.45) is 5.41 Å². The first-order valence-electron chi connectivity index (χ1n) is 14.0. The minimum absolute atomic E-state index is 0.0199. The van der Waals surface area contributed by atoms with Crippen LogP contribution in [0.25, 0.3) is 0 Å². The molecule has 4 rings (SSSR count). The van der Waals surface area contributed by atoms with Gasteiger partial charge in [0.1, 0.15) is 28.4 Å².